The summed E-state index contributed by atoms with van der Waals surface area (Å²) >= 11 is 0. The number of piperidine rings is 1. The summed E-state index contributed by atoms with van der Waals surface area (Å²) in [5, 5.41) is 2.93. The number of nitrogens with zero attached hydrogens (tertiary/aromatic N) is 1. The van der Waals surface area contributed by atoms with E-state index >= 15 is 0 Å². The van der Waals surface area contributed by atoms with E-state index in [0.29, 0.717) is 29.0 Å². The van der Waals surface area contributed by atoms with Gasteiger partial charge in [-0.1, -0.05) is 19.9 Å². The molecule has 2 rings (SSSR count). The van der Waals surface area contributed by atoms with Crippen LogP contribution in [-0.4, -0.2) is 38.2 Å². The maximum Gasteiger partial charge on any atom is 0.322 e. The van der Waals surface area contributed by atoms with Gasteiger partial charge in [-0.15, -0.1) is 0 Å². The van der Waals surface area contributed by atoms with Crippen LogP contribution in [0.1, 0.15) is 20.3 Å². The van der Waals surface area contributed by atoms with E-state index in [1.807, 2.05) is 11.0 Å². The molecule has 1 aliphatic rings. The molecule has 1 aliphatic heterocycles. The van der Waals surface area contributed by atoms with Gasteiger partial charge in [-0.2, -0.15) is 0 Å². The minimum atomic E-state index is -0.101. The molecule has 21 heavy (non-hydrogen) atoms. The first-order valence-electron chi connectivity index (χ1n) is 7.32. The number of nitrogens with one attached hydrogen (secondary N) is 1. The Morgan fingerprint density at radius 2 is 1.67 bits per heavy atom. The highest BCUT2D eigenvalue weighted by Crippen LogP contribution is 2.34. The van der Waals surface area contributed by atoms with Gasteiger partial charge in [0.1, 0.15) is 17.2 Å². The number of urea groups is 1. The smallest absolute Gasteiger partial charge is 0.322 e. The van der Waals surface area contributed by atoms with Gasteiger partial charge in [-0.25, -0.2) is 4.79 Å². The van der Waals surface area contributed by atoms with E-state index in [1.54, 1.807) is 26.4 Å². The molecule has 5 nitrogen and oxygen atoms in total. The molecule has 2 amide bonds. The first kappa shape index (κ1) is 15.5. The number of amides is 2. The number of anilines is 1. The Bertz CT molecular complexity index is 472. The van der Waals surface area contributed by atoms with E-state index in [2.05, 4.69) is 19.2 Å². The summed E-state index contributed by atoms with van der Waals surface area (Å²) in [7, 11) is 3.16. The topological polar surface area (TPSA) is 50.8 Å². The second kappa shape index (κ2) is 6.70. The predicted molar refractivity (Wildman–Crippen MR) is 83.1 cm³/mol. The number of likely N-dealkylation sites (tertiary alicyclic amines) is 1. The summed E-state index contributed by atoms with van der Waals surface area (Å²) in [6, 6.07) is 5.34. The van der Waals surface area contributed by atoms with Crippen LogP contribution in [0.3, 0.4) is 0 Å². The van der Waals surface area contributed by atoms with Gasteiger partial charge in [-0.05, 0) is 30.4 Å². The summed E-state index contributed by atoms with van der Waals surface area (Å²) in [6.45, 7) is 5.93. The van der Waals surface area contributed by atoms with Crippen molar-refractivity contribution in [2.24, 2.45) is 11.8 Å². The van der Waals surface area contributed by atoms with Crippen molar-refractivity contribution >= 4 is 11.7 Å². The Hall–Kier alpha value is -1.91. The molecule has 1 N–H and O–H groups in total. The molecule has 1 heterocycles. The van der Waals surface area contributed by atoms with Crippen LogP contribution in [0.25, 0.3) is 0 Å². The minimum Gasteiger partial charge on any atom is -0.494 e. The third kappa shape index (κ3) is 3.60. The van der Waals surface area contributed by atoms with Gasteiger partial charge in [0.25, 0.3) is 0 Å². The Kier molecular flexibility index (Phi) is 4.94. The van der Waals surface area contributed by atoms with Crippen molar-refractivity contribution in [1.82, 2.24) is 4.90 Å². The molecule has 116 valence electrons. The predicted octanol–water partition coefficient (Wildman–Crippen LogP) is 3.21. The lowest BCUT2D eigenvalue weighted by Crippen LogP contribution is -2.44. The average Bonchev–Trinajstić information content (AvgIpc) is 2.46. The third-order valence-corrected chi connectivity index (χ3v) is 3.82. The summed E-state index contributed by atoms with van der Waals surface area (Å²) in [5.41, 5.74) is 0.582. The van der Waals surface area contributed by atoms with Gasteiger partial charge in [0, 0.05) is 13.1 Å². The van der Waals surface area contributed by atoms with E-state index in [-0.39, 0.29) is 6.03 Å². The normalized spacial score (nSPS) is 21.8. The SMILES string of the molecule is COc1cccc(OC)c1NC(=O)N1CC(C)CC(C)C1. The molecule has 0 aliphatic carbocycles. The van der Waals surface area contributed by atoms with Crippen LogP contribution in [0.15, 0.2) is 18.2 Å². The van der Waals surface area contributed by atoms with E-state index in [9.17, 15) is 4.79 Å². The molecule has 1 fully saturated rings. The van der Waals surface area contributed by atoms with Crippen molar-refractivity contribution in [2.45, 2.75) is 20.3 Å². The molecule has 0 spiro atoms. The van der Waals surface area contributed by atoms with Crippen molar-refractivity contribution in [3.05, 3.63) is 18.2 Å². The molecule has 1 aromatic rings. The summed E-state index contributed by atoms with van der Waals surface area (Å²) in [4.78, 5) is 14.4. The molecule has 2 unspecified atom stereocenters. The number of hydrogen-bond donors (Lipinski definition) is 1. The maximum absolute atomic E-state index is 12.5. The molecule has 1 aromatic carbocycles. The molecule has 0 saturated carbocycles. The van der Waals surface area contributed by atoms with Crippen LogP contribution in [0.2, 0.25) is 0 Å². The van der Waals surface area contributed by atoms with Gasteiger partial charge < -0.3 is 19.7 Å². The number of methoxy groups -OCH3 is 2. The highest BCUT2D eigenvalue weighted by molar-refractivity contribution is 5.93. The first-order valence-corrected chi connectivity index (χ1v) is 7.32. The molecular weight excluding hydrogens is 268 g/mol. The van der Waals surface area contributed by atoms with Crippen LogP contribution in [0.4, 0.5) is 10.5 Å². The zero-order valence-electron chi connectivity index (χ0n) is 13.2. The Morgan fingerprint density at radius 3 is 2.14 bits per heavy atom. The second-order valence-corrected chi connectivity index (χ2v) is 5.82. The molecule has 5 heteroatoms. The van der Waals surface area contributed by atoms with Gasteiger partial charge in [0.2, 0.25) is 0 Å². The zero-order chi connectivity index (χ0) is 15.4. The van der Waals surface area contributed by atoms with Crippen molar-refractivity contribution in [1.29, 1.82) is 0 Å². The summed E-state index contributed by atoms with van der Waals surface area (Å²) in [6.07, 6.45) is 1.17. The fourth-order valence-corrected chi connectivity index (χ4v) is 2.99. The van der Waals surface area contributed by atoms with Crippen LogP contribution < -0.4 is 14.8 Å². The number of rotatable bonds is 3. The number of benzene rings is 1. The molecule has 2 atom stereocenters. The zero-order valence-corrected chi connectivity index (χ0v) is 13.2. The number of hydrogen-bond acceptors (Lipinski definition) is 3. The largest absolute Gasteiger partial charge is 0.494 e. The lowest BCUT2D eigenvalue weighted by molar-refractivity contribution is 0.156. The third-order valence-electron chi connectivity index (χ3n) is 3.82. The fraction of sp³-hybridized carbons (Fsp3) is 0.562. The quantitative estimate of drug-likeness (QED) is 0.930. The lowest BCUT2D eigenvalue weighted by atomic mass is 9.92. The van der Waals surface area contributed by atoms with Crippen molar-refractivity contribution < 1.29 is 14.3 Å². The number of para-hydroxylation sites is 1. The number of carbonyl (C=O) groups excluding carboxylic acids is 1. The van der Waals surface area contributed by atoms with E-state index in [4.69, 9.17) is 9.47 Å². The van der Waals surface area contributed by atoms with E-state index in [0.717, 1.165) is 13.1 Å². The Labute approximate surface area is 126 Å². The second-order valence-electron chi connectivity index (χ2n) is 5.82. The number of carbonyl (C=O) groups is 1. The molecule has 1 saturated heterocycles. The van der Waals surface area contributed by atoms with Gasteiger partial charge in [0.05, 0.1) is 14.2 Å². The standard InChI is InChI=1S/C16H24N2O3/c1-11-8-12(2)10-18(9-11)16(19)17-15-13(20-3)6-5-7-14(15)21-4/h5-7,11-12H,8-10H2,1-4H3,(H,17,19). The highest BCUT2D eigenvalue weighted by atomic mass is 16.5. The average molecular weight is 292 g/mol. The minimum absolute atomic E-state index is 0.101. The maximum atomic E-state index is 12.5. The lowest BCUT2D eigenvalue weighted by Gasteiger charge is -2.35. The first-order chi connectivity index (χ1) is 10.0. The summed E-state index contributed by atoms with van der Waals surface area (Å²) in [5.74, 6) is 2.25. The molecule has 0 aromatic heterocycles. The molecule has 0 bridgehead atoms. The molecule has 0 radical (unpaired) electrons. The van der Waals surface area contributed by atoms with Crippen LogP contribution in [-0.2, 0) is 0 Å². The Balaban J connectivity index is 2.15. The van der Waals surface area contributed by atoms with E-state index in [1.165, 1.54) is 6.42 Å². The molecular formula is C16H24N2O3. The number of ether oxygens (including phenoxy) is 2. The van der Waals surface area contributed by atoms with Crippen molar-refractivity contribution in [3.63, 3.8) is 0 Å². The van der Waals surface area contributed by atoms with Crippen molar-refractivity contribution in [3.8, 4) is 11.5 Å². The van der Waals surface area contributed by atoms with Crippen molar-refractivity contribution in [2.75, 3.05) is 32.6 Å². The van der Waals surface area contributed by atoms with Crippen LogP contribution in [0, 0.1) is 11.8 Å². The summed E-state index contributed by atoms with van der Waals surface area (Å²) < 4.78 is 10.6. The Morgan fingerprint density at radius 1 is 1.14 bits per heavy atom. The fourth-order valence-electron chi connectivity index (χ4n) is 2.99. The monoisotopic (exact) mass is 292 g/mol. The van der Waals surface area contributed by atoms with Crippen LogP contribution in [0.5, 0.6) is 11.5 Å². The van der Waals surface area contributed by atoms with Gasteiger partial charge in [0.15, 0.2) is 0 Å². The van der Waals surface area contributed by atoms with Gasteiger partial charge >= 0.3 is 6.03 Å². The van der Waals surface area contributed by atoms with Gasteiger partial charge in [-0.3, -0.25) is 0 Å². The van der Waals surface area contributed by atoms with Crippen LogP contribution >= 0.6 is 0 Å². The highest BCUT2D eigenvalue weighted by Gasteiger charge is 2.26. The van der Waals surface area contributed by atoms with E-state index < -0.39 is 0 Å².